The standard InChI is InChI=1S/C18H18F3N3O3S/c19-18(20,21)12-1-4-15(16-5-7-22-11-23-16)17(9-12)27-13-6-8-24(10-13)28(25,26)14-2-3-14/h1,4-5,7,9,11,13-14H,2-3,6,8,10H2. The predicted octanol–water partition coefficient (Wildman–Crippen LogP) is 3.11. The van der Waals surface area contributed by atoms with Crippen molar-refractivity contribution in [3.05, 3.63) is 42.4 Å². The normalized spacial score (nSPS) is 21.0. The van der Waals surface area contributed by atoms with Gasteiger partial charge in [0.05, 0.1) is 23.1 Å². The number of hydrogen-bond donors (Lipinski definition) is 0. The number of halogens is 3. The first kappa shape index (κ1) is 19.1. The van der Waals surface area contributed by atoms with Crippen LogP contribution in [0, 0.1) is 0 Å². The number of hydrogen-bond acceptors (Lipinski definition) is 5. The first-order valence-electron chi connectivity index (χ1n) is 8.88. The van der Waals surface area contributed by atoms with Gasteiger partial charge in [-0.05, 0) is 43.5 Å². The van der Waals surface area contributed by atoms with E-state index in [1.807, 2.05) is 0 Å². The van der Waals surface area contributed by atoms with Gasteiger partial charge >= 0.3 is 6.18 Å². The van der Waals surface area contributed by atoms with Crippen molar-refractivity contribution >= 4 is 10.0 Å². The van der Waals surface area contributed by atoms with Crippen LogP contribution in [-0.2, 0) is 16.2 Å². The van der Waals surface area contributed by atoms with Crippen molar-refractivity contribution in [1.29, 1.82) is 0 Å². The van der Waals surface area contributed by atoms with E-state index in [0.29, 0.717) is 37.1 Å². The van der Waals surface area contributed by atoms with Gasteiger partial charge in [0.1, 0.15) is 18.2 Å². The molecule has 2 aromatic rings. The third-order valence-electron chi connectivity index (χ3n) is 4.87. The molecule has 10 heteroatoms. The van der Waals surface area contributed by atoms with E-state index < -0.39 is 27.9 Å². The summed E-state index contributed by atoms with van der Waals surface area (Å²) in [6.45, 7) is 0.448. The van der Waals surface area contributed by atoms with Crippen LogP contribution in [0.15, 0.2) is 36.8 Å². The highest BCUT2D eigenvalue weighted by atomic mass is 32.2. The van der Waals surface area contributed by atoms with Gasteiger partial charge in [-0.3, -0.25) is 0 Å². The molecule has 0 N–H and O–H groups in total. The monoisotopic (exact) mass is 413 g/mol. The van der Waals surface area contributed by atoms with E-state index >= 15 is 0 Å². The second-order valence-electron chi connectivity index (χ2n) is 6.93. The number of rotatable bonds is 5. The van der Waals surface area contributed by atoms with Gasteiger partial charge < -0.3 is 4.74 Å². The molecule has 1 atom stereocenters. The van der Waals surface area contributed by atoms with Gasteiger partial charge in [-0.25, -0.2) is 18.4 Å². The molecule has 1 aliphatic carbocycles. The molecule has 1 unspecified atom stereocenters. The molecule has 2 fully saturated rings. The Kier molecular flexibility index (Phi) is 4.78. The molecule has 1 saturated carbocycles. The van der Waals surface area contributed by atoms with Gasteiger partial charge in [-0.15, -0.1) is 0 Å². The molecule has 1 aliphatic heterocycles. The number of sulfonamides is 1. The summed E-state index contributed by atoms with van der Waals surface area (Å²) in [4.78, 5) is 7.90. The van der Waals surface area contributed by atoms with Crippen molar-refractivity contribution in [3.8, 4) is 17.0 Å². The Hall–Kier alpha value is -2.20. The summed E-state index contributed by atoms with van der Waals surface area (Å²) in [7, 11) is -3.33. The van der Waals surface area contributed by atoms with E-state index in [-0.39, 0.29) is 17.5 Å². The summed E-state index contributed by atoms with van der Waals surface area (Å²) in [5.74, 6) is 0.0317. The van der Waals surface area contributed by atoms with E-state index in [0.717, 1.165) is 12.1 Å². The van der Waals surface area contributed by atoms with E-state index in [9.17, 15) is 21.6 Å². The summed E-state index contributed by atoms with van der Waals surface area (Å²) >= 11 is 0. The van der Waals surface area contributed by atoms with Crippen LogP contribution < -0.4 is 4.74 Å². The van der Waals surface area contributed by atoms with E-state index in [2.05, 4.69) is 9.97 Å². The van der Waals surface area contributed by atoms with Crippen molar-refractivity contribution in [1.82, 2.24) is 14.3 Å². The molecule has 1 aromatic carbocycles. The van der Waals surface area contributed by atoms with Gasteiger partial charge in [0.2, 0.25) is 10.0 Å². The van der Waals surface area contributed by atoms with Gasteiger partial charge in [-0.1, -0.05) is 0 Å². The minimum Gasteiger partial charge on any atom is -0.488 e. The zero-order valence-corrected chi connectivity index (χ0v) is 15.6. The maximum Gasteiger partial charge on any atom is 0.416 e. The number of alkyl halides is 3. The van der Waals surface area contributed by atoms with Crippen molar-refractivity contribution in [2.45, 2.75) is 36.8 Å². The SMILES string of the molecule is O=S(=O)(C1CC1)N1CCC(Oc2cc(C(F)(F)F)ccc2-c2ccncn2)C1. The lowest BCUT2D eigenvalue weighted by atomic mass is 10.1. The fraction of sp³-hybridized carbons (Fsp3) is 0.444. The average Bonchev–Trinajstić information content (AvgIpc) is 3.42. The largest absolute Gasteiger partial charge is 0.488 e. The summed E-state index contributed by atoms with van der Waals surface area (Å²) in [6.07, 6.45) is -0.492. The fourth-order valence-electron chi connectivity index (χ4n) is 3.24. The molecule has 2 heterocycles. The van der Waals surface area contributed by atoms with Crippen LogP contribution in [0.2, 0.25) is 0 Å². The van der Waals surface area contributed by atoms with Gasteiger partial charge in [0.15, 0.2) is 0 Å². The van der Waals surface area contributed by atoms with Gasteiger partial charge in [0, 0.05) is 18.3 Å². The molecular formula is C18H18F3N3O3S. The highest BCUT2D eigenvalue weighted by molar-refractivity contribution is 7.90. The van der Waals surface area contributed by atoms with Crippen LogP contribution in [0.3, 0.4) is 0 Å². The summed E-state index contributed by atoms with van der Waals surface area (Å²) < 4.78 is 71.5. The highest BCUT2D eigenvalue weighted by Gasteiger charge is 2.43. The molecule has 28 heavy (non-hydrogen) atoms. The molecule has 150 valence electrons. The Labute approximate surface area is 160 Å². The van der Waals surface area contributed by atoms with Crippen LogP contribution in [0.1, 0.15) is 24.8 Å². The Morgan fingerprint density at radius 1 is 1.14 bits per heavy atom. The Bertz CT molecular complexity index is 963. The van der Waals surface area contributed by atoms with Gasteiger partial charge in [0.25, 0.3) is 0 Å². The third kappa shape index (κ3) is 3.83. The first-order valence-corrected chi connectivity index (χ1v) is 10.4. The smallest absolute Gasteiger partial charge is 0.416 e. The van der Waals surface area contributed by atoms with E-state index in [1.54, 1.807) is 6.07 Å². The van der Waals surface area contributed by atoms with Crippen LogP contribution in [0.5, 0.6) is 5.75 Å². The van der Waals surface area contributed by atoms with Crippen LogP contribution in [0.25, 0.3) is 11.3 Å². The minimum atomic E-state index is -4.51. The maximum absolute atomic E-state index is 13.2. The molecule has 6 nitrogen and oxygen atoms in total. The molecule has 1 aromatic heterocycles. The fourth-order valence-corrected chi connectivity index (χ4v) is 5.13. The van der Waals surface area contributed by atoms with Crippen molar-refractivity contribution in [3.63, 3.8) is 0 Å². The summed E-state index contributed by atoms with van der Waals surface area (Å²) in [6, 6.07) is 4.81. The number of ether oxygens (including phenoxy) is 1. The lowest BCUT2D eigenvalue weighted by molar-refractivity contribution is -0.137. The molecule has 2 aliphatic rings. The van der Waals surface area contributed by atoms with Crippen molar-refractivity contribution < 1.29 is 26.3 Å². The molecule has 0 spiro atoms. The Balaban J connectivity index is 1.61. The Morgan fingerprint density at radius 3 is 2.57 bits per heavy atom. The molecule has 0 amide bonds. The lowest BCUT2D eigenvalue weighted by Crippen LogP contribution is -2.33. The summed E-state index contributed by atoms with van der Waals surface area (Å²) in [5, 5.41) is -0.323. The molecule has 0 radical (unpaired) electrons. The minimum absolute atomic E-state index is 0.0317. The van der Waals surface area contributed by atoms with Crippen LogP contribution in [-0.4, -0.2) is 47.1 Å². The predicted molar refractivity (Wildman–Crippen MR) is 95.0 cm³/mol. The van der Waals surface area contributed by atoms with Crippen molar-refractivity contribution in [2.24, 2.45) is 0 Å². The van der Waals surface area contributed by atoms with Crippen molar-refractivity contribution in [2.75, 3.05) is 13.1 Å². The molecular weight excluding hydrogens is 395 g/mol. The van der Waals surface area contributed by atoms with E-state index in [4.69, 9.17) is 4.74 Å². The topological polar surface area (TPSA) is 72.4 Å². The number of nitrogens with zero attached hydrogens (tertiary/aromatic N) is 3. The maximum atomic E-state index is 13.2. The lowest BCUT2D eigenvalue weighted by Gasteiger charge is -2.19. The first-order chi connectivity index (χ1) is 13.2. The van der Waals surface area contributed by atoms with Crippen LogP contribution >= 0.6 is 0 Å². The zero-order chi connectivity index (χ0) is 19.9. The number of aromatic nitrogens is 2. The Morgan fingerprint density at radius 2 is 1.93 bits per heavy atom. The molecule has 4 rings (SSSR count). The summed E-state index contributed by atoms with van der Waals surface area (Å²) in [5.41, 5.74) is -0.00107. The second-order valence-corrected chi connectivity index (χ2v) is 9.15. The molecule has 0 bridgehead atoms. The zero-order valence-electron chi connectivity index (χ0n) is 14.8. The second kappa shape index (κ2) is 7.00. The molecule has 1 saturated heterocycles. The van der Waals surface area contributed by atoms with E-state index in [1.165, 1.54) is 22.9 Å². The highest BCUT2D eigenvalue weighted by Crippen LogP contribution is 2.38. The quantitative estimate of drug-likeness (QED) is 0.753. The third-order valence-corrected chi connectivity index (χ3v) is 7.24. The average molecular weight is 413 g/mol. The van der Waals surface area contributed by atoms with Crippen LogP contribution in [0.4, 0.5) is 13.2 Å². The number of benzene rings is 1. The van der Waals surface area contributed by atoms with Gasteiger partial charge in [-0.2, -0.15) is 17.5 Å².